The van der Waals surface area contributed by atoms with Gasteiger partial charge in [-0.1, -0.05) is 18.2 Å². The van der Waals surface area contributed by atoms with Crippen molar-refractivity contribution < 1.29 is 9.21 Å². The van der Waals surface area contributed by atoms with Gasteiger partial charge in [0.25, 0.3) is 5.91 Å². The van der Waals surface area contributed by atoms with Gasteiger partial charge in [-0.25, -0.2) is 4.98 Å². The minimum atomic E-state index is -0.125. The summed E-state index contributed by atoms with van der Waals surface area (Å²) in [5.41, 5.74) is 2.18. The van der Waals surface area contributed by atoms with Gasteiger partial charge in [0, 0.05) is 11.7 Å². The van der Waals surface area contributed by atoms with Gasteiger partial charge in [-0.15, -0.1) is 0 Å². The van der Waals surface area contributed by atoms with E-state index in [-0.39, 0.29) is 17.7 Å². The zero-order chi connectivity index (χ0) is 11.8. The first kappa shape index (κ1) is 10.1. The third kappa shape index (κ3) is 1.53. The average Bonchev–Trinajstić information content (AvgIpc) is 2.94. The monoisotopic (exact) mass is 228 g/mol. The van der Waals surface area contributed by atoms with Gasteiger partial charge >= 0.3 is 0 Å². The number of carbonyl (C=O) groups excluding carboxylic acids is 1. The lowest BCUT2D eigenvalue weighted by molar-refractivity contribution is 0.0954. The van der Waals surface area contributed by atoms with Crippen LogP contribution in [0, 0.1) is 0 Å². The van der Waals surface area contributed by atoms with Gasteiger partial charge < -0.3 is 9.32 Å². The van der Waals surface area contributed by atoms with Crippen molar-refractivity contribution in [3.8, 4) is 0 Å². The lowest BCUT2D eigenvalue weighted by Crippen LogP contribution is -2.35. The highest BCUT2D eigenvalue weighted by Gasteiger charge is 2.32. The Morgan fingerprint density at radius 2 is 2.29 bits per heavy atom. The van der Waals surface area contributed by atoms with Gasteiger partial charge in [-0.2, -0.15) is 0 Å². The zero-order valence-electron chi connectivity index (χ0n) is 9.46. The average molecular weight is 228 g/mol. The number of oxazole rings is 1. The third-order valence-corrected chi connectivity index (χ3v) is 3.07. The molecule has 1 aromatic carbocycles. The van der Waals surface area contributed by atoms with Crippen LogP contribution in [-0.2, 0) is 6.42 Å². The molecule has 1 aliphatic heterocycles. The van der Waals surface area contributed by atoms with Crippen molar-refractivity contribution in [1.29, 1.82) is 0 Å². The Balaban J connectivity index is 2.01. The first-order valence-corrected chi connectivity index (χ1v) is 5.57. The fourth-order valence-corrected chi connectivity index (χ4v) is 2.32. The van der Waals surface area contributed by atoms with Crippen LogP contribution < -0.4 is 4.90 Å². The molecule has 17 heavy (non-hydrogen) atoms. The Hall–Kier alpha value is -2.10. The van der Waals surface area contributed by atoms with Crippen molar-refractivity contribution in [2.24, 2.45) is 0 Å². The lowest BCUT2D eigenvalue weighted by Gasteiger charge is -2.21. The van der Waals surface area contributed by atoms with Crippen molar-refractivity contribution in [1.82, 2.24) is 4.98 Å². The maximum absolute atomic E-state index is 12.3. The van der Waals surface area contributed by atoms with Gasteiger partial charge in [-0.05, 0) is 25.0 Å². The highest BCUT2D eigenvalue weighted by Crippen LogP contribution is 2.32. The van der Waals surface area contributed by atoms with E-state index in [1.807, 2.05) is 25.1 Å². The molecule has 1 amide bonds. The molecule has 1 unspecified atom stereocenters. The molecule has 3 rings (SSSR count). The molecule has 1 aliphatic rings. The van der Waals surface area contributed by atoms with E-state index in [1.54, 1.807) is 4.90 Å². The molecule has 4 nitrogen and oxygen atoms in total. The number of anilines is 1. The summed E-state index contributed by atoms with van der Waals surface area (Å²) in [6.45, 7) is 2.04. The van der Waals surface area contributed by atoms with Crippen LogP contribution in [0.3, 0.4) is 0 Å². The van der Waals surface area contributed by atoms with Gasteiger partial charge in [0.15, 0.2) is 6.39 Å². The second kappa shape index (κ2) is 3.73. The largest absolute Gasteiger partial charge is 0.438 e. The Bertz CT molecular complexity index is 548. The molecule has 0 saturated carbocycles. The number of rotatable bonds is 1. The Morgan fingerprint density at radius 1 is 1.47 bits per heavy atom. The lowest BCUT2D eigenvalue weighted by atomic mass is 10.1. The van der Waals surface area contributed by atoms with Crippen LogP contribution in [0.1, 0.15) is 23.0 Å². The molecule has 0 saturated heterocycles. The number of para-hydroxylation sites is 1. The number of aromatic nitrogens is 1. The molecule has 1 aromatic heterocycles. The summed E-state index contributed by atoms with van der Waals surface area (Å²) in [6, 6.07) is 8.11. The van der Waals surface area contributed by atoms with Crippen LogP contribution in [0.15, 0.2) is 41.3 Å². The zero-order valence-corrected chi connectivity index (χ0v) is 9.46. The molecule has 2 aromatic rings. The molecular formula is C13H12N2O2. The van der Waals surface area contributed by atoms with E-state index in [9.17, 15) is 4.79 Å². The van der Waals surface area contributed by atoms with E-state index < -0.39 is 0 Å². The van der Waals surface area contributed by atoms with Crippen molar-refractivity contribution >= 4 is 11.6 Å². The van der Waals surface area contributed by atoms with E-state index >= 15 is 0 Å². The van der Waals surface area contributed by atoms with Crippen molar-refractivity contribution in [2.75, 3.05) is 4.90 Å². The number of hydrogen-bond acceptors (Lipinski definition) is 3. The standard InChI is InChI=1S/C13H12N2O2/c1-9-6-10-4-2-3-5-11(10)15(9)13(16)12-7-14-8-17-12/h2-5,7-9H,6H2,1H3. The highest BCUT2D eigenvalue weighted by atomic mass is 16.3. The van der Waals surface area contributed by atoms with E-state index in [0.717, 1.165) is 12.1 Å². The van der Waals surface area contributed by atoms with Crippen LogP contribution in [-0.4, -0.2) is 16.9 Å². The minimum Gasteiger partial charge on any atom is -0.438 e. The third-order valence-electron chi connectivity index (χ3n) is 3.07. The molecule has 2 heterocycles. The van der Waals surface area contributed by atoms with E-state index in [0.29, 0.717) is 0 Å². The molecular weight excluding hydrogens is 216 g/mol. The summed E-state index contributed by atoms with van der Waals surface area (Å²) in [5, 5.41) is 0. The minimum absolute atomic E-state index is 0.125. The van der Waals surface area contributed by atoms with Gasteiger partial charge in [0.1, 0.15) is 0 Å². The molecule has 0 fully saturated rings. The fourth-order valence-electron chi connectivity index (χ4n) is 2.32. The first-order chi connectivity index (χ1) is 8.27. The van der Waals surface area contributed by atoms with Gasteiger partial charge in [0.05, 0.1) is 6.20 Å². The summed E-state index contributed by atoms with van der Waals surface area (Å²) < 4.78 is 5.07. The Labute approximate surface area is 98.9 Å². The summed E-state index contributed by atoms with van der Waals surface area (Å²) in [6.07, 6.45) is 3.62. The van der Waals surface area contributed by atoms with Crippen LogP contribution in [0.2, 0.25) is 0 Å². The molecule has 0 bridgehead atoms. The SMILES string of the molecule is CC1Cc2ccccc2N1C(=O)c1cnco1. The van der Waals surface area contributed by atoms with Crippen molar-refractivity contribution in [3.05, 3.63) is 48.2 Å². The van der Waals surface area contributed by atoms with Crippen molar-refractivity contribution in [3.63, 3.8) is 0 Å². The fraction of sp³-hybridized carbons (Fsp3) is 0.231. The van der Waals surface area contributed by atoms with E-state index in [1.165, 1.54) is 18.2 Å². The summed E-state index contributed by atoms with van der Waals surface area (Å²) in [4.78, 5) is 17.8. The molecule has 0 radical (unpaired) electrons. The number of benzene rings is 1. The number of hydrogen-bond donors (Lipinski definition) is 0. The van der Waals surface area contributed by atoms with E-state index in [2.05, 4.69) is 11.1 Å². The maximum atomic E-state index is 12.3. The number of amides is 1. The summed E-state index contributed by atoms with van der Waals surface area (Å²) in [7, 11) is 0. The van der Waals surface area contributed by atoms with Crippen LogP contribution >= 0.6 is 0 Å². The summed E-state index contributed by atoms with van der Waals surface area (Å²) in [5.74, 6) is 0.161. The normalized spacial score (nSPS) is 18.2. The van der Waals surface area contributed by atoms with Gasteiger partial charge in [-0.3, -0.25) is 4.79 Å². The number of fused-ring (bicyclic) bond motifs is 1. The number of nitrogens with zero attached hydrogens (tertiary/aromatic N) is 2. The molecule has 0 aliphatic carbocycles. The molecule has 0 spiro atoms. The first-order valence-electron chi connectivity index (χ1n) is 5.57. The molecule has 86 valence electrons. The number of carbonyl (C=O) groups is 1. The summed E-state index contributed by atoms with van der Waals surface area (Å²) >= 11 is 0. The molecule has 4 heteroatoms. The second-order valence-corrected chi connectivity index (χ2v) is 4.22. The topological polar surface area (TPSA) is 46.3 Å². The Kier molecular flexibility index (Phi) is 2.21. The predicted molar refractivity (Wildman–Crippen MR) is 62.9 cm³/mol. The van der Waals surface area contributed by atoms with Crippen LogP contribution in [0.25, 0.3) is 0 Å². The van der Waals surface area contributed by atoms with Crippen LogP contribution in [0.5, 0.6) is 0 Å². The molecule has 1 atom stereocenters. The maximum Gasteiger partial charge on any atom is 0.295 e. The van der Waals surface area contributed by atoms with Gasteiger partial charge in [0.2, 0.25) is 5.76 Å². The Morgan fingerprint density at radius 3 is 3.06 bits per heavy atom. The predicted octanol–water partition coefficient (Wildman–Crippen LogP) is 2.27. The van der Waals surface area contributed by atoms with E-state index in [4.69, 9.17) is 4.42 Å². The quantitative estimate of drug-likeness (QED) is 0.752. The second-order valence-electron chi connectivity index (χ2n) is 4.22. The molecule has 0 N–H and O–H groups in total. The highest BCUT2D eigenvalue weighted by molar-refractivity contribution is 6.05. The van der Waals surface area contributed by atoms with Crippen LogP contribution in [0.4, 0.5) is 5.69 Å². The van der Waals surface area contributed by atoms with Crippen molar-refractivity contribution in [2.45, 2.75) is 19.4 Å². The smallest absolute Gasteiger partial charge is 0.295 e.